The van der Waals surface area contributed by atoms with Gasteiger partial charge >= 0.3 is 5.97 Å². The molecule has 0 saturated carbocycles. The van der Waals surface area contributed by atoms with Crippen molar-refractivity contribution in [3.63, 3.8) is 0 Å². The lowest BCUT2D eigenvalue weighted by molar-refractivity contribution is -0.137. The number of hydrogen-bond acceptors (Lipinski definition) is 5. The molecule has 6 nitrogen and oxygen atoms in total. The summed E-state index contributed by atoms with van der Waals surface area (Å²) in [5, 5.41) is 37.7. The van der Waals surface area contributed by atoms with E-state index in [0.717, 1.165) is 0 Å². The first-order valence-corrected chi connectivity index (χ1v) is 9.21. The summed E-state index contributed by atoms with van der Waals surface area (Å²) in [5.74, 6) is -0.815. The van der Waals surface area contributed by atoms with Crippen molar-refractivity contribution in [1.29, 1.82) is 0 Å². The van der Waals surface area contributed by atoms with Crippen molar-refractivity contribution in [1.82, 2.24) is 0 Å². The van der Waals surface area contributed by atoms with E-state index >= 15 is 0 Å². The van der Waals surface area contributed by atoms with E-state index in [9.17, 15) is 24.5 Å². The number of aliphatic hydroxyl groups excluding tert-OH is 3. The van der Waals surface area contributed by atoms with E-state index in [2.05, 4.69) is 0 Å². The summed E-state index contributed by atoms with van der Waals surface area (Å²) in [6, 6.07) is 5.52. The van der Waals surface area contributed by atoms with E-state index in [4.69, 9.17) is 9.84 Å². The van der Waals surface area contributed by atoms with Crippen molar-refractivity contribution in [3.8, 4) is 5.75 Å². The number of carboxylic acids is 1. The van der Waals surface area contributed by atoms with Gasteiger partial charge in [0.2, 0.25) is 0 Å². The van der Waals surface area contributed by atoms with Crippen LogP contribution in [0.25, 0.3) is 0 Å². The minimum absolute atomic E-state index is 0.0429. The first-order chi connectivity index (χ1) is 13.9. The quantitative estimate of drug-likeness (QED) is 0.375. The maximum atomic E-state index is 12.8. The van der Waals surface area contributed by atoms with Gasteiger partial charge in [0.05, 0.1) is 12.2 Å². The summed E-state index contributed by atoms with van der Waals surface area (Å²) in [5.41, 5.74) is 0. The number of aliphatic hydroxyl groups is 3. The Bertz CT molecular complexity index is 709. The Morgan fingerprint density at radius 1 is 0.966 bits per heavy atom. The van der Waals surface area contributed by atoms with Crippen LogP contribution < -0.4 is 4.74 Å². The molecule has 0 radical (unpaired) electrons. The zero-order chi connectivity index (χ0) is 21.5. The molecule has 158 valence electrons. The SMILES string of the molecule is O=C(O)CCC[C@H](O)[C@H](O)C=CC=CC=CC=C[C@H](O)COc1ccc(F)cc1. The highest BCUT2D eigenvalue weighted by molar-refractivity contribution is 5.66. The molecule has 1 rings (SSSR count). The topological polar surface area (TPSA) is 107 Å². The van der Waals surface area contributed by atoms with Gasteiger partial charge in [0.15, 0.2) is 0 Å². The molecule has 0 heterocycles. The molecular weight excluding hydrogens is 379 g/mol. The normalized spacial score (nSPS) is 15.4. The number of ether oxygens (including phenoxy) is 1. The first-order valence-electron chi connectivity index (χ1n) is 9.21. The molecule has 0 saturated heterocycles. The highest BCUT2D eigenvalue weighted by Crippen LogP contribution is 2.11. The molecule has 7 heteroatoms. The minimum Gasteiger partial charge on any atom is -0.491 e. The maximum Gasteiger partial charge on any atom is 0.303 e. The maximum absolute atomic E-state index is 12.8. The molecule has 0 aromatic heterocycles. The smallest absolute Gasteiger partial charge is 0.303 e. The summed E-state index contributed by atoms with van der Waals surface area (Å²) >= 11 is 0. The number of carbonyl (C=O) groups is 1. The third-order valence-electron chi connectivity index (χ3n) is 3.72. The first kappa shape index (κ1) is 24.3. The monoisotopic (exact) mass is 406 g/mol. The zero-order valence-electron chi connectivity index (χ0n) is 16.0. The van der Waals surface area contributed by atoms with E-state index in [1.54, 1.807) is 42.5 Å². The highest BCUT2D eigenvalue weighted by atomic mass is 19.1. The molecule has 0 spiro atoms. The second-order valence-corrected chi connectivity index (χ2v) is 6.22. The zero-order valence-corrected chi connectivity index (χ0v) is 16.0. The molecule has 1 aromatic rings. The molecule has 0 aliphatic heterocycles. The fourth-order valence-electron chi connectivity index (χ4n) is 2.16. The highest BCUT2D eigenvalue weighted by Gasteiger charge is 2.12. The van der Waals surface area contributed by atoms with Gasteiger partial charge in [-0.2, -0.15) is 0 Å². The van der Waals surface area contributed by atoms with Gasteiger partial charge in [-0.05, 0) is 37.1 Å². The molecule has 29 heavy (non-hydrogen) atoms. The number of allylic oxidation sites excluding steroid dienone is 6. The number of aliphatic carboxylic acids is 1. The van der Waals surface area contributed by atoms with Crippen molar-refractivity contribution >= 4 is 5.97 Å². The van der Waals surface area contributed by atoms with Crippen LogP contribution in [0.4, 0.5) is 4.39 Å². The van der Waals surface area contributed by atoms with Crippen molar-refractivity contribution in [2.24, 2.45) is 0 Å². The van der Waals surface area contributed by atoms with Gasteiger partial charge in [0.25, 0.3) is 0 Å². The van der Waals surface area contributed by atoms with Gasteiger partial charge in [-0.15, -0.1) is 0 Å². The average Bonchev–Trinajstić information content (AvgIpc) is 2.69. The van der Waals surface area contributed by atoms with Gasteiger partial charge in [0.1, 0.15) is 24.3 Å². The van der Waals surface area contributed by atoms with Gasteiger partial charge in [0, 0.05) is 6.42 Å². The molecule has 0 bridgehead atoms. The number of hydrogen-bond donors (Lipinski definition) is 4. The molecule has 0 unspecified atom stereocenters. The summed E-state index contributed by atoms with van der Waals surface area (Å²) in [6.07, 6.45) is 10.5. The largest absolute Gasteiger partial charge is 0.491 e. The third kappa shape index (κ3) is 12.4. The van der Waals surface area contributed by atoms with Crippen LogP contribution >= 0.6 is 0 Å². The van der Waals surface area contributed by atoms with E-state index in [0.29, 0.717) is 12.2 Å². The lowest BCUT2D eigenvalue weighted by Crippen LogP contribution is -2.23. The Hall–Kier alpha value is -2.74. The number of rotatable bonds is 13. The molecule has 0 amide bonds. The van der Waals surface area contributed by atoms with Crippen LogP contribution in [-0.4, -0.2) is 51.3 Å². The number of halogens is 1. The fraction of sp³-hybridized carbons (Fsp3) is 0.318. The van der Waals surface area contributed by atoms with Crippen LogP contribution in [-0.2, 0) is 4.79 Å². The van der Waals surface area contributed by atoms with Crippen LogP contribution in [0.3, 0.4) is 0 Å². The molecular formula is C22H27FO6. The van der Waals surface area contributed by atoms with Crippen molar-refractivity contribution in [2.75, 3.05) is 6.61 Å². The van der Waals surface area contributed by atoms with Gasteiger partial charge in [-0.1, -0.05) is 48.6 Å². The standard InChI is InChI=1S/C22H27FO6/c23-17-12-14-19(15-13-17)29-16-18(24)8-5-3-1-2-4-6-9-20(25)21(26)10-7-11-22(27)28/h1-6,8-9,12-15,18,20-21,24-26H,7,10-11,16H2,(H,27,28)/t18-,20+,21-/m0/s1. The summed E-state index contributed by atoms with van der Waals surface area (Å²) in [7, 11) is 0. The Morgan fingerprint density at radius 2 is 1.55 bits per heavy atom. The molecule has 0 aliphatic carbocycles. The van der Waals surface area contributed by atoms with Crippen molar-refractivity contribution in [2.45, 2.75) is 37.6 Å². The molecule has 3 atom stereocenters. The summed E-state index contributed by atoms with van der Waals surface area (Å²) in [6.45, 7) is 0.0429. The summed E-state index contributed by atoms with van der Waals surface area (Å²) in [4.78, 5) is 10.4. The van der Waals surface area contributed by atoms with Gasteiger partial charge in [-0.3, -0.25) is 4.79 Å². The predicted octanol–water partition coefficient (Wildman–Crippen LogP) is 2.77. The van der Waals surface area contributed by atoms with E-state index in [-0.39, 0.29) is 25.3 Å². The van der Waals surface area contributed by atoms with Crippen molar-refractivity contribution < 1.29 is 34.3 Å². The van der Waals surface area contributed by atoms with E-state index in [1.165, 1.54) is 30.3 Å². The Kier molecular flexibility index (Phi) is 12.0. The number of carboxylic acid groups (broad SMARTS) is 1. The lowest BCUT2D eigenvalue weighted by atomic mass is 10.1. The Balaban J connectivity index is 2.24. The van der Waals surface area contributed by atoms with Gasteiger partial charge in [-0.25, -0.2) is 4.39 Å². The summed E-state index contributed by atoms with van der Waals surface area (Å²) < 4.78 is 18.1. The molecule has 4 N–H and O–H groups in total. The average molecular weight is 406 g/mol. The third-order valence-corrected chi connectivity index (χ3v) is 3.72. The minimum atomic E-state index is -1.06. The second-order valence-electron chi connectivity index (χ2n) is 6.22. The number of benzene rings is 1. The Labute approximate surface area is 169 Å². The lowest BCUT2D eigenvalue weighted by Gasteiger charge is -2.13. The molecule has 0 aliphatic rings. The second kappa shape index (κ2) is 14.3. The van der Waals surface area contributed by atoms with Gasteiger partial charge < -0.3 is 25.2 Å². The molecule has 0 fully saturated rings. The van der Waals surface area contributed by atoms with Crippen molar-refractivity contribution in [3.05, 3.63) is 78.7 Å². The Morgan fingerprint density at radius 3 is 2.17 bits per heavy atom. The van der Waals surface area contributed by atoms with Crippen LogP contribution in [0.5, 0.6) is 5.75 Å². The van der Waals surface area contributed by atoms with Crippen LogP contribution in [0.2, 0.25) is 0 Å². The predicted molar refractivity (Wildman–Crippen MR) is 108 cm³/mol. The fourth-order valence-corrected chi connectivity index (χ4v) is 2.16. The van der Waals surface area contributed by atoms with E-state index < -0.39 is 24.3 Å². The van der Waals surface area contributed by atoms with Crippen LogP contribution in [0, 0.1) is 5.82 Å². The van der Waals surface area contributed by atoms with E-state index in [1.807, 2.05) is 0 Å². The van der Waals surface area contributed by atoms with Crippen LogP contribution in [0.15, 0.2) is 72.9 Å². The molecule has 1 aromatic carbocycles. The van der Waals surface area contributed by atoms with Crippen LogP contribution in [0.1, 0.15) is 19.3 Å².